The Morgan fingerprint density at radius 3 is 2.37 bits per heavy atom. The van der Waals surface area contributed by atoms with Gasteiger partial charge in [0.2, 0.25) is 11.8 Å². The number of nitrogens with one attached hydrogen (secondary N) is 2. The number of aromatic nitrogens is 4. The number of benzene rings is 2. The van der Waals surface area contributed by atoms with Gasteiger partial charge in [-0.15, -0.1) is 10.2 Å². The highest BCUT2D eigenvalue weighted by Crippen LogP contribution is 2.25. The maximum Gasteiger partial charge on any atom is 0.271 e. The van der Waals surface area contributed by atoms with Gasteiger partial charge in [-0.1, -0.05) is 17.7 Å². The first-order valence-electron chi connectivity index (χ1n) is 9.09. The molecule has 2 aromatic heterocycles. The number of nitrogens with two attached hydrogens (primary N) is 1. The SMILES string of the molecule is Cc1cccc(-c2nnc(-c3ccc(C(=O)Nc4c(C(N)=O)n[nH]c4C)cc3)o2)c1. The van der Waals surface area contributed by atoms with Crippen molar-refractivity contribution in [3.05, 3.63) is 71.0 Å². The Labute approximate surface area is 171 Å². The number of carbonyl (C=O) groups is 2. The Balaban J connectivity index is 1.53. The van der Waals surface area contributed by atoms with E-state index in [1.165, 1.54) is 0 Å². The summed E-state index contributed by atoms with van der Waals surface area (Å²) in [6.07, 6.45) is 0. The molecule has 30 heavy (non-hydrogen) atoms. The summed E-state index contributed by atoms with van der Waals surface area (Å²) in [5.41, 5.74) is 9.04. The molecule has 2 aromatic carbocycles. The molecule has 4 rings (SSSR count). The van der Waals surface area contributed by atoms with Gasteiger partial charge in [-0.05, 0) is 50.2 Å². The first-order valence-corrected chi connectivity index (χ1v) is 9.09. The number of H-pyrrole nitrogens is 1. The third-order valence-corrected chi connectivity index (χ3v) is 4.50. The largest absolute Gasteiger partial charge is 0.416 e. The van der Waals surface area contributed by atoms with Crippen molar-refractivity contribution in [1.29, 1.82) is 0 Å². The highest BCUT2D eigenvalue weighted by molar-refractivity contribution is 6.08. The van der Waals surface area contributed by atoms with Crippen LogP contribution >= 0.6 is 0 Å². The van der Waals surface area contributed by atoms with Gasteiger partial charge in [-0.3, -0.25) is 14.7 Å². The maximum atomic E-state index is 12.6. The molecule has 0 bridgehead atoms. The van der Waals surface area contributed by atoms with E-state index in [4.69, 9.17) is 10.2 Å². The van der Waals surface area contributed by atoms with E-state index < -0.39 is 11.8 Å². The lowest BCUT2D eigenvalue weighted by Gasteiger charge is -2.06. The van der Waals surface area contributed by atoms with Crippen LogP contribution in [0.2, 0.25) is 0 Å². The van der Waals surface area contributed by atoms with E-state index in [0.717, 1.165) is 11.1 Å². The number of aromatic amines is 1. The minimum atomic E-state index is -0.731. The van der Waals surface area contributed by atoms with Crippen molar-refractivity contribution in [1.82, 2.24) is 20.4 Å². The fourth-order valence-electron chi connectivity index (χ4n) is 2.94. The number of hydrogen-bond donors (Lipinski definition) is 3. The highest BCUT2D eigenvalue weighted by atomic mass is 16.4. The standard InChI is InChI=1S/C21H18N6O3/c1-11-4-3-5-15(10-11)21-27-26-20(30-21)14-8-6-13(7-9-14)19(29)23-16-12(2)24-25-17(16)18(22)28/h3-10H,1-2H3,(H2,22,28)(H,23,29)(H,24,25). The van der Waals surface area contributed by atoms with E-state index in [-0.39, 0.29) is 11.4 Å². The van der Waals surface area contributed by atoms with E-state index in [9.17, 15) is 9.59 Å². The average Bonchev–Trinajstić information content (AvgIpc) is 3.36. The fraction of sp³-hybridized carbons (Fsp3) is 0.0952. The van der Waals surface area contributed by atoms with Gasteiger partial charge in [-0.25, -0.2) is 0 Å². The van der Waals surface area contributed by atoms with Crippen molar-refractivity contribution in [2.45, 2.75) is 13.8 Å². The van der Waals surface area contributed by atoms with E-state index >= 15 is 0 Å². The quantitative estimate of drug-likeness (QED) is 0.469. The molecule has 150 valence electrons. The van der Waals surface area contributed by atoms with Crippen molar-refractivity contribution in [3.63, 3.8) is 0 Å². The van der Waals surface area contributed by atoms with Crippen LogP contribution in [0, 0.1) is 13.8 Å². The summed E-state index contributed by atoms with van der Waals surface area (Å²) < 4.78 is 5.77. The van der Waals surface area contributed by atoms with E-state index in [2.05, 4.69) is 25.7 Å². The first kappa shape index (κ1) is 19.1. The number of nitrogens with zero attached hydrogens (tertiary/aromatic N) is 3. The summed E-state index contributed by atoms with van der Waals surface area (Å²) in [4.78, 5) is 24.0. The second-order valence-electron chi connectivity index (χ2n) is 6.75. The van der Waals surface area contributed by atoms with Crippen molar-refractivity contribution in [2.75, 3.05) is 5.32 Å². The Bertz CT molecular complexity index is 1240. The zero-order valence-corrected chi connectivity index (χ0v) is 16.3. The van der Waals surface area contributed by atoms with Gasteiger partial charge in [-0.2, -0.15) is 5.10 Å². The third-order valence-electron chi connectivity index (χ3n) is 4.50. The molecule has 4 N–H and O–H groups in total. The molecule has 0 unspecified atom stereocenters. The zero-order valence-electron chi connectivity index (χ0n) is 16.3. The number of carbonyl (C=O) groups excluding carboxylic acids is 2. The molecule has 0 saturated heterocycles. The Morgan fingerprint density at radius 1 is 1.00 bits per heavy atom. The van der Waals surface area contributed by atoms with Crippen LogP contribution < -0.4 is 11.1 Å². The van der Waals surface area contributed by atoms with Crippen molar-refractivity contribution in [3.8, 4) is 22.9 Å². The van der Waals surface area contributed by atoms with Gasteiger partial charge >= 0.3 is 0 Å². The summed E-state index contributed by atoms with van der Waals surface area (Å²) in [5.74, 6) is -0.365. The van der Waals surface area contributed by atoms with Crippen molar-refractivity contribution in [2.24, 2.45) is 5.73 Å². The second kappa shape index (κ2) is 7.63. The zero-order chi connectivity index (χ0) is 21.3. The minimum absolute atomic E-state index is 0.0213. The Kier molecular flexibility index (Phi) is 4.85. The molecule has 0 spiro atoms. The molecule has 0 aliphatic heterocycles. The Hall–Kier alpha value is -4.27. The molecular formula is C21H18N6O3. The fourth-order valence-corrected chi connectivity index (χ4v) is 2.94. The van der Waals surface area contributed by atoms with Crippen LogP contribution in [-0.2, 0) is 0 Å². The van der Waals surface area contributed by atoms with Gasteiger partial charge < -0.3 is 15.5 Å². The molecule has 0 saturated carbocycles. The average molecular weight is 402 g/mol. The van der Waals surface area contributed by atoms with Gasteiger partial charge in [0.25, 0.3) is 11.8 Å². The van der Waals surface area contributed by atoms with Crippen LogP contribution in [0.25, 0.3) is 22.9 Å². The van der Waals surface area contributed by atoms with Crippen LogP contribution in [0.4, 0.5) is 5.69 Å². The van der Waals surface area contributed by atoms with E-state index in [0.29, 0.717) is 28.6 Å². The molecule has 2 heterocycles. The van der Waals surface area contributed by atoms with Gasteiger partial charge in [0.05, 0.1) is 11.4 Å². The molecule has 9 heteroatoms. The van der Waals surface area contributed by atoms with Gasteiger partial charge in [0, 0.05) is 16.7 Å². The molecule has 0 aliphatic rings. The molecular weight excluding hydrogens is 384 g/mol. The number of aryl methyl sites for hydroxylation is 2. The number of primary amides is 1. The normalized spacial score (nSPS) is 10.7. The van der Waals surface area contributed by atoms with Gasteiger partial charge in [0.15, 0.2) is 5.69 Å². The molecule has 0 atom stereocenters. The van der Waals surface area contributed by atoms with Crippen LogP contribution in [-0.4, -0.2) is 32.2 Å². The summed E-state index contributed by atoms with van der Waals surface area (Å²) >= 11 is 0. The smallest absolute Gasteiger partial charge is 0.271 e. The molecule has 2 amide bonds. The van der Waals surface area contributed by atoms with Crippen LogP contribution in [0.15, 0.2) is 52.9 Å². The second-order valence-corrected chi connectivity index (χ2v) is 6.75. The minimum Gasteiger partial charge on any atom is -0.416 e. The number of rotatable bonds is 5. The molecule has 9 nitrogen and oxygen atoms in total. The highest BCUT2D eigenvalue weighted by Gasteiger charge is 2.18. The topological polar surface area (TPSA) is 140 Å². The molecule has 4 aromatic rings. The third kappa shape index (κ3) is 3.68. The molecule has 0 radical (unpaired) electrons. The van der Waals surface area contributed by atoms with Crippen LogP contribution in [0.5, 0.6) is 0 Å². The number of anilines is 1. The lowest BCUT2D eigenvalue weighted by atomic mass is 10.1. The summed E-state index contributed by atoms with van der Waals surface area (Å²) in [7, 11) is 0. The lowest BCUT2D eigenvalue weighted by Crippen LogP contribution is -2.18. The lowest BCUT2D eigenvalue weighted by molar-refractivity contribution is 0.0996. The van der Waals surface area contributed by atoms with Gasteiger partial charge in [0.1, 0.15) is 0 Å². The summed E-state index contributed by atoms with van der Waals surface area (Å²) in [6.45, 7) is 3.67. The predicted molar refractivity (Wildman–Crippen MR) is 110 cm³/mol. The van der Waals surface area contributed by atoms with E-state index in [1.807, 2.05) is 31.2 Å². The number of hydrogen-bond acceptors (Lipinski definition) is 6. The summed E-state index contributed by atoms with van der Waals surface area (Å²) in [5, 5.41) is 17.3. The molecule has 0 aliphatic carbocycles. The van der Waals surface area contributed by atoms with Crippen molar-refractivity contribution < 1.29 is 14.0 Å². The number of amides is 2. The monoisotopic (exact) mass is 402 g/mol. The van der Waals surface area contributed by atoms with Crippen LogP contribution in [0.1, 0.15) is 32.1 Å². The first-order chi connectivity index (χ1) is 14.4. The Morgan fingerprint density at radius 2 is 1.70 bits per heavy atom. The maximum absolute atomic E-state index is 12.6. The van der Waals surface area contributed by atoms with E-state index in [1.54, 1.807) is 31.2 Å². The predicted octanol–water partition coefficient (Wildman–Crippen LogP) is 3.09. The molecule has 0 fully saturated rings. The summed E-state index contributed by atoms with van der Waals surface area (Å²) in [6, 6.07) is 14.4. The van der Waals surface area contributed by atoms with Crippen LogP contribution in [0.3, 0.4) is 0 Å². The van der Waals surface area contributed by atoms with Crippen molar-refractivity contribution >= 4 is 17.5 Å².